The normalized spacial score (nSPS) is 12.2. The lowest BCUT2D eigenvalue weighted by molar-refractivity contribution is 0.414. The molecule has 1 heterocycles. The number of nitrogens with zero attached hydrogens (tertiary/aromatic N) is 1. The number of ether oxygens (including phenoxy) is 1. The van der Waals surface area contributed by atoms with E-state index in [0.29, 0.717) is 0 Å². The van der Waals surface area contributed by atoms with E-state index >= 15 is 0 Å². The minimum Gasteiger partial charge on any atom is -0.497 e. The molecule has 0 saturated heterocycles. The zero-order chi connectivity index (χ0) is 13.7. The van der Waals surface area contributed by atoms with Gasteiger partial charge >= 0.3 is 0 Å². The zero-order valence-corrected chi connectivity index (χ0v) is 12.9. The number of benzene rings is 1. The standard InChI is InChI=1S/C14H15BrN2OS/c1-18-11-6-4-10(5-7-11)13(16)9-19-14-12(15)3-2-8-17-14/h2-8,13H,9,16H2,1H3. The van der Waals surface area contributed by atoms with Gasteiger partial charge in [0, 0.05) is 22.5 Å². The van der Waals surface area contributed by atoms with Gasteiger partial charge in [-0.15, -0.1) is 11.8 Å². The minimum atomic E-state index is -0.0233. The Bertz CT molecular complexity index is 533. The summed E-state index contributed by atoms with van der Waals surface area (Å²) < 4.78 is 6.13. The second-order valence-corrected chi connectivity index (χ2v) is 5.84. The average Bonchev–Trinajstić information content (AvgIpc) is 2.46. The molecule has 0 spiro atoms. The van der Waals surface area contributed by atoms with Crippen LogP contribution < -0.4 is 10.5 Å². The third-order valence-corrected chi connectivity index (χ3v) is 4.70. The number of nitrogens with two attached hydrogens (primary N) is 1. The molecular weight excluding hydrogens is 324 g/mol. The molecule has 19 heavy (non-hydrogen) atoms. The Balaban J connectivity index is 1.97. The van der Waals surface area contributed by atoms with E-state index in [1.165, 1.54) is 0 Å². The Labute approximate surface area is 125 Å². The first-order valence-electron chi connectivity index (χ1n) is 5.83. The van der Waals surface area contributed by atoms with Crippen molar-refractivity contribution >= 4 is 27.7 Å². The first-order chi connectivity index (χ1) is 9.20. The van der Waals surface area contributed by atoms with E-state index < -0.39 is 0 Å². The molecule has 0 amide bonds. The van der Waals surface area contributed by atoms with Gasteiger partial charge in [0.05, 0.1) is 7.11 Å². The molecule has 0 radical (unpaired) electrons. The second kappa shape index (κ2) is 6.93. The Morgan fingerprint density at radius 1 is 1.32 bits per heavy atom. The van der Waals surface area contributed by atoms with Crippen molar-refractivity contribution in [2.45, 2.75) is 11.1 Å². The van der Waals surface area contributed by atoms with Crippen LogP contribution in [0.15, 0.2) is 52.1 Å². The molecule has 2 rings (SSSR count). The summed E-state index contributed by atoms with van der Waals surface area (Å²) in [5, 5.41) is 0.964. The summed E-state index contributed by atoms with van der Waals surface area (Å²) in [4.78, 5) is 4.31. The van der Waals surface area contributed by atoms with Gasteiger partial charge in [0.25, 0.3) is 0 Å². The number of aromatic nitrogens is 1. The van der Waals surface area contributed by atoms with Crippen LogP contribution in [0.1, 0.15) is 11.6 Å². The number of pyridine rings is 1. The number of rotatable bonds is 5. The topological polar surface area (TPSA) is 48.1 Å². The summed E-state index contributed by atoms with van der Waals surface area (Å²) in [6.07, 6.45) is 1.78. The van der Waals surface area contributed by atoms with Gasteiger partial charge in [0.15, 0.2) is 0 Å². The van der Waals surface area contributed by atoms with E-state index in [1.807, 2.05) is 36.4 Å². The SMILES string of the molecule is COc1ccc(C(N)CSc2ncccc2Br)cc1. The van der Waals surface area contributed by atoms with Crippen molar-refractivity contribution < 1.29 is 4.74 Å². The van der Waals surface area contributed by atoms with E-state index in [1.54, 1.807) is 25.1 Å². The zero-order valence-electron chi connectivity index (χ0n) is 10.5. The molecule has 100 valence electrons. The summed E-state index contributed by atoms with van der Waals surface area (Å²) in [6, 6.07) is 11.7. The minimum absolute atomic E-state index is 0.0233. The first kappa shape index (κ1) is 14.4. The van der Waals surface area contributed by atoms with Crippen LogP contribution in [0.2, 0.25) is 0 Å². The molecule has 0 bridgehead atoms. The quantitative estimate of drug-likeness (QED) is 0.845. The highest BCUT2D eigenvalue weighted by Crippen LogP contribution is 2.28. The molecule has 0 aliphatic rings. The van der Waals surface area contributed by atoms with Crippen molar-refractivity contribution in [3.8, 4) is 5.75 Å². The van der Waals surface area contributed by atoms with Crippen LogP contribution in [0.5, 0.6) is 5.75 Å². The van der Waals surface area contributed by atoms with Gasteiger partial charge in [-0.25, -0.2) is 4.98 Å². The third-order valence-electron chi connectivity index (χ3n) is 2.67. The van der Waals surface area contributed by atoms with Crippen LogP contribution >= 0.6 is 27.7 Å². The molecule has 0 fully saturated rings. The van der Waals surface area contributed by atoms with Crippen molar-refractivity contribution in [2.75, 3.05) is 12.9 Å². The van der Waals surface area contributed by atoms with Gasteiger partial charge in [-0.1, -0.05) is 12.1 Å². The predicted molar refractivity (Wildman–Crippen MR) is 82.6 cm³/mol. The fraction of sp³-hybridized carbons (Fsp3) is 0.214. The third kappa shape index (κ3) is 3.96. The van der Waals surface area contributed by atoms with E-state index in [9.17, 15) is 0 Å². The van der Waals surface area contributed by atoms with E-state index in [4.69, 9.17) is 10.5 Å². The molecule has 1 aromatic heterocycles. The number of thioether (sulfide) groups is 1. The number of methoxy groups -OCH3 is 1. The van der Waals surface area contributed by atoms with Crippen molar-refractivity contribution in [3.63, 3.8) is 0 Å². The molecule has 3 nitrogen and oxygen atoms in total. The van der Waals surface area contributed by atoms with Crippen LogP contribution in [0.3, 0.4) is 0 Å². The smallest absolute Gasteiger partial charge is 0.118 e. The lowest BCUT2D eigenvalue weighted by Gasteiger charge is -2.12. The largest absolute Gasteiger partial charge is 0.497 e. The Kier molecular flexibility index (Phi) is 5.24. The van der Waals surface area contributed by atoms with Gasteiger partial charge in [-0.2, -0.15) is 0 Å². The van der Waals surface area contributed by atoms with Crippen LogP contribution in [-0.2, 0) is 0 Å². The maximum absolute atomic E-state index is 6.18. The van der Waals surface area contributed by atoms with E-state index in [-0.39, 0.29) is 6.04 Å². The number of hydrogen-bond donors (Lipinski definition) is 1. The van der Waals surface area contributed by atoms with Crippen molar-refractivity contribution in [1.29, 1.82) is 0 Å². The van der Waals surface area contributed by atoms with Crippen molar-refractivity contribution in [2.24, 2.45) is 5.73 Å². The number of halogens is 1. The van der Waals surface area contributed by atoms with Gasteiger partial charge in [0.1, 0.15) is 10.8 Å². The van der Waals surface area contributed by atoms with Crippen molar-refractivity contribution in [1.82, 2.24) is 4.98 Å². The summed E-state index contributed by atoms with van der Waals surface area (Å²) in [7, 11) is 1.66. The highest BCUT2D eigenvalue weighted by Gasteiger charge is 2.09. The highest BCUT2D eigenvalue weighted by molar-refractivity contribution is 9.10. The van der Waals surface area contributed by atoms with Crippen LogP contribution in [0, 0.1) is 0 Å². The monoisotopic (exact) mass is 338 g/mol. The molecule has 0 saturated carbocycles. The molecule has 1 aromatic carbocycles. The second-order valence-electron chi connectivity index (χ2n) is 3.98. The van der Waals surface area contributed by atoms with Gasteiger partial charge in [0.2, 0.25) is 0 Å². The summed E-state index contributed by atoms with van der Waals surface area (Å²) >= 11 is 5.13. The Morgan fingerprint density at radius 2 is 2.05 bits per heavy atom. The van der Waals surface area contributed by atoms with Gasteiger partial charge in [-0.3, -0.25) is 0 Å². The molecule has 1 atom stereocenters. The number of hydrogen-bond acceptors (Lipinski definition) is 4. The average molecular weight is 339 g/mol. The van der Waals surface area contributed by atoms with Crippen LogP contribution in [0.25, 0.3) is 0 Å². The Morgan fingerprint density at radius 3 is 2.68 bits per heavy atom. The lowest BCUT2D eigenvalue weighted by Crippen LogP contribution is -2.13. The van der Waals surface area contributed by atoms with Crippen molar-refractivity contribution in [3.05, 3.63) is 52.6 Å². The van der Waals surface area contributed by atoms with Gasteiger partial charge < -0.3 is 10.5 Å². The van der Waals surface area contributed by atoms with E-state index in [2.05, 4.69) is 20.9 Å². The molecular formula is C14H15BrN2OS. The molecule has 0 aliphatic heterocycles. The Hall–Kier alpha value is -1.04. The molecule has 2 aromatic rings. The van der Waals surface area contributed by atoms with Crippen LogP contribution in [-0.4, -0.2) is 17.8 Å². The summed E-state index contributed by atoms with van der Waals surface area (Å²) in [5.41, 5.74) is 7.28. The predicted octanol–water partition coefficient (Wildman–Crippen LogP) is 3.64. The maximum atomic E-state index is 6.18. The molecule has 1 unspecified atom stereocenters. The fourth-order valence-corrected chi connectivity index (χ4v) is 3.06. The van der Waals surface area contributed by atoms with Crippen LogP contribution in [0.4, 0.5) is 0 Å². The molecule has 0 aliphatic carbocycles. The summed E-state index contributed by atoms with van der Waals surface area (Å²) in [5.74, 6) is 1.62. The van der Waals surface area contributed by atoms with Gasteiger partial charge in [-0.05, 0) is 45.8 Å². The highest BCUT2D eigenvalue weighted by atomic mass is 79.9. The fourth-order valence-electron chi connectivity index (χ4n) is 1.59. The lowest BCUT2D eigenvalue weighted by atomic mass is 10.1. The first-order valence-corrected chi connectivity index (χ1v) is 7.61. The van der Waals surface area contributed by atoms with E-state index in [0.717, 1.165) is 26.6 Å². The molecule has 2 N–H and O–H groups in total. The maximum Gasteiger partial charge on any atom is 0.118 e. The summed E-state index contributed by atoms with van der Waals surface area (Å²) in [6.45, 7) is 0. The molecule has 5 heteroatoms.